The van der Waals surface area contributed by atoms with Gasteiger partial charge in [0.15, 0.2) is 23.2 Å². The van der Waals surface area contributed by atoms with Crippen LogP contribution in [0, 0.1) is 5.41 Å². The van der Waals surface area contributed by atoms with Crippen molar-refractivity contribution in [1.82, 2.24) is 19.5 Å². The number of ether oxygens (including phenoxy) is 1. The van der Waals surface area contributed by atoms with Gasteiger partial charge in [-0.25, -0.2) is 4.98 Å². The first-order chi connectivity index (χ1) is 17.0. The predicted octanol–water partition coefficient (Wildman–Crippen LogP) is 2.99. The second-order valence-electron chi connectivity index (χ2n) is 10.2. The first-order valence-electron chi connectivity index (χ1n) is 12.3. The quantitative estimate of drug-likeness (QED) is 0.469. The third-order valence-electron chi connectivity index (χ3n) is 8.05. The van der Waals surface area contributed by atoms with Crippen LogP contribution in [-0.4, -0.2) is 66.3 Å². The van der Waals surface area contributed by atoms with Gasteiger partial charge >= 0.3 is 0 Å². The Morgan fingerprint density at radius 2 is 1.83 bits per heavy atom. The van der Waals surface area contributed by atoms with Gasteiger partial charge in [0, 0.05) is 6.54 Å². The van der Waals surface area contributed by atoms with E-state index in [1.165, 1.54) is 44.0 Å². The summed E-state index contributed by atoms with van der Waals surface area (Å²) in [5.74, 6) is 0.668. The standard InChI is InChI=1S/C25H30ClN5O4/c26-24-28-21(18-22(29-24)31(14-27-18)23-20(34)19(33)17(12-32)35-23)30-13-25(9-5-2-6-10-25)11-16(30)15-7-3-1-4-8-15/h1,3-4,7-8,14,16-17,19-20,23,32-34H,2,5-6,9-13H2/t16?,17-,19+,20?,23-/m1/s1. The highest BCUT2D eigenvalue weighted by molar-refractivity contribution is 6.28. The van der Waals surface area contributed by atoms with Crippen LogP contribution in [-0.2, 0) is 4.74 Å². The maximum Gasteiger partial charge on any atom is 0.226 e. The Hall–Kier alpha value is -2.30. The van der Waals surface area contributed by atoms with Crippen LogP contribution in [0.2, 0.25) is 5.28 Å². The number of imidazole rings is 1. The topological polar surface area (TPSA) is 117 Å². The molecule has 4 heterocycles. The highest BCUT2D eigenvalue weighted by Gasteiger charge is 2.47. The first-order valence-corrected chi connectivity index (χ1v) is 12.7. The van der Waals surface area contributed by atoms with Crippen molar-refractivity contribution in [1.29, 1.82) is 0 Å². The van der Waals surface area contributed by atoms with E-state index in [0.717, 1.165) is 13.0 Å². The number of aliphatic hydroxyl groups excluding tert-OH is 3. The fourth-order valence-electron chi connectivity index (χ4n) is 6.29. The molecule has 2 saturated heterocycles. The molecule has 1 saturated carbocycles. The van der Waals surface area contributed by atoms with Crippen molar-refractivity contribution in [3.05, 3.63) is 47.5 Å². The van der Waals surface area contributed by atoms with Crippen molar-refractivity contribution >= 4 is 28.6 Å². The number of aliphatic hydroxyl groups is 3. The lowest BCUT2D eigenvalue weighted by molar-refractivity contribution is -0.0511. The molecule has 3 N–H and O–H groups in total. The molecule has 1 spiro atoms. The molecule has 0 bridgehead atoms. The SMILES string of the molecule is OC[C@H]1O[C@@H](n2cnc3c(N4CC5(CCCCC5)CC4c4ccccc4)nc(Cl)nc32)C(O)[C@H]1O. The minimum atomic E-state index is -1.24. The lowest BCUT2D eigenvalue weighted by atomic mass is 9.72. The molecule has 0 amide bonds. The van der Waals surface area contributed by atoms with Crippen molar-refractivity contribution in [3.63, 3.8) is 0 Å². The Balaban J connectivity index is 1.44. The van der Waals surface area contributed by atoms with Gasteiger partial charge in [0.1, 0.15) is 18.3 Å². The van der Waals surface area contributed by atoms with Crippen molar-refractivity contribution in [3.8, 4) is 0 Å². The number of nitrogens with zero attached hydrogens (tertiary/aromatic N) is 5. The van der Waals surface area contributed by atoms with E-state index in [1.807, 2.05) is 6.07 Å². The number of rotatable bonds is 4. The summed E-state index contributed by atoms with van der Waals surface area (Å²) in [5, 5.41) is 30.4. The molecule has 3 aromatic rings. The summed E-state index contributed by atoms with van der Waals surface area (Å²) < 4.78 is 7.30. The van der Waals surface area contributed by atoms with E-state index in [1.54, 1.807) is 4.57 Å². The van der Waals surface area contributed by atoms with Gasteiger partial charge < -0.3 is 25.0 Å². The zero-order valence-electron chi connectivity index (χ0n) is 19.4. The number of halogens is 1. The van der Waals surface area contributed by atoms with Crippen LogP contribution in [0.4, 0.5) is 5.82 Å². The Morgan fingerprint density at radius 3 is 2.54 bits per heavy atom. The van der Waals surface area contributed by atoms with Gasteiger partial charge in [0.25, 0.3) is 0 Å². The van der Waals surface area contributed by atoms with Gasteiger partial charge in [-0.05, 0) is 41.8 Å². The van der Waals surface area contributed by atoms with Crippen LogP contribution >= 0.6 is 11.6 Å². The van der Waals surface area contributed by atoms with Crippen molar-refractivity contribution in [2.24, 2.45) is 5.41 Å². The fraction of sp³-hybridized carbons (Fsp3) is 0.560. The Kier molecular flexibility index (Phi) is 5.93. The van der Waals surface area contributed by atoms with Gasteiger partial charge in [0.05, 0.1) is 19.0 Å². The number of anilines is 1. The van der Waals surface area contributed by atoms with E-state index >= 15 is 0 Å². The average molecular weight is 500 g/mol. The molecule has 186 valence electrons. The summed E-state index contributed by atoms with van der Waals surface area (Å²) in [7, 11) is 0. The van der Waals surface area contributed by atoms with Crippen LogP contribution in [0.15, 0.2) is 36.7 Å². The molecule has 35 heavy (non-hydrogen) atoms. The molecule has 9 nitrogen and oxygen atoms in total. The van der Waals surface area contributed by atoms with E-state index in [4.69, 9.17) is 16.3 Å². The molecule has 10 heteroatoms. The lowest BCUT2D eigenvalue weighted by Gasteiger charge is -2.33. The molecule has 5 atom stereocenters. The molecule has 3 aliphatic rings. The van der Waals surface area contributed by atoms with Gasteiger partial charge in [-0.15, -0.1) is 0 Å². The van der Waals surface area contributed by atoms with E-state index in [2.05, 4.69) is 44.1 Å². The molecule has 6 rings (SSSR count). The van der Waals surface area contributed by atoms with Gasteiger partial charge in [0.2, 0.25) is 5.28 Å². The molecule has 0 radical (unpaired) electrons. The number of benzene rings is 1. The molecular weight excluding hydrogens is 470 g/mol. The molecule has 3 fully saturated rings. The molecule has 2 unspecified atom stereocenters. The molecular formula is C25H30ClN5O4. The Morgan fingerprint density at radius 1 is 1.06 bits per heavy atom. The molecule has 1 aromatic carbocycles. The summed E-state index contributed by atoms with van der Waals surface area (Å²) in [6, 6.07) is 10.6. The number of fused-ring (bicyclic) bond motifs is 1. The van der Waals surface area contributed by atoms with Crippen LogP contribution in [0.5, 0.6) is 0 Å². The van der Waals surface area contributed by atoms with Gasteiger partial charge in [-0.2, -0.15) is 9.97 Å². The van der Waals surface area contributed by atoms with E-state index in [0.29, 0.717) is 17.0 Å². The predicted molar refractivity (Wildman–Crippen MR) is 130 cm³/mol. The van der Waals surface area contributed by atoms with Gasteiger partial charge in [-0.3, -0.25) is 4.57 Å². The fourth-order valence-corrected chi connectivity index (χ4v) is 6.45. The third-order valence-corrected chi connectivity index (χ3v) is 8.22. The van der Waals surface area contributed by atoms with Crippen LogP contribution < -0.4 is 4.90 Å². The largest absolute Gasteiger partial charge is 0.394 e. The van der Waals surface area contributed by atoms with E-state index in [9.17, 15) is 15.3 Å². The van der Waals surface area contributed by atoms with Crippen LogP contribution in [0.1, 0.15) is 56.4 Å². The Bertz CT molecular complexity index is 1200. The van der Waals surface area contributed by atoms with Gasteiger partial charge in [-0.1, -0.05) is 49.6 Å². The summed E-state index contributed by atoms with van der Waals surface area (Å²) in [4.78, 5) is 16.0. The second-order valence-corrected chi connectivity index (χ2v) is 10.5. The highest BCUT2D eigenvalue weighted by atomic mass is 35.5. The van der Waals surface area contributed by atoms with Crippen LogP contribution in [0.25, 0.3) is 11.2 Å². The minimum absolute atomic E-state index is 0.0809. The monoisotopic (exact) mass is 499 g/mol. The summed E-state index contributed by atoms with van der Waals surface area (Å²) in [6.45, 7) is 0.465. The zero-order valence-corrected chi connectivity index (χ0v) is 20.1. The summed E-state index contributed by atoms with van der Waals surface area (Å²) in [5.41, 5.74) is 2.46. The Labute approximate surface area is 208 Å². The molecule has 2 aliphatic heterocycles. The molecule has 1 aliphatic carbocycles. The maximum atomic E-state index is 10.6. The second kappa shape index (κ2) is 8.97. The van der Waals surface area contributed by atoms with Crippen molar-refractivity contribution < 1.29 is 20.1 Å². The van der Waals surface area contributed by atoms with E-state index in [-0.39, 0.29) is 16.7 Å². The first kappa shape index (κ1) is 23.1. The molecule has 2 aromatic heterocycles. The minimum Gasteiger partial charge on any atom is -0.394 e. The summed E-state index contributed by atoms with van der Waals surface area (Å²) in [6.07, 6.45) is 4.47. The number of aromatic nitrogens is 4. The summed E-state index contributed by atoms with van der Waals surface area (Å²) >= 11 is 6.45. The van der Waals surface area contributed by atoms with Crippen LogP contribution in [0.3, 0.4) is 0 Å². The highest BCUT2D eigenvalue weighted by Crippen LogP contribution is 2.52. The zero-order chi connectivity index (χ0) is 24.2. The van der Waals surface area contributed by atoms with Crippen molar-refractivity contribution in [2.45, 2.75) is 69.1 Å². The third kappa shape index (κ3) is 3.90. The van der Waals surface area contributed by atoms with E-state index < -0.39 is 31.1 Å². The average Bonchev–Trinajstić information content (AvgIpc) is 3.54. The number of hydrogen-bond donors (Lipinski definition) is 3. The smallest absolute Gasteiger partial charge is 0.226 e. The normalized spacial score (nSPS) is 30.5. The number of hydrogen-bond acceptors (Lipinski definition) is 8. The lowest BCUT2D eigenvalue weighted by Crippen LogP contribution is -2.33. The maximum absolute atomic E-state index is 10.6. The van der Waals surface area contributed by atoms with Crippen molar-refractivity contribution in [2.75, 3.05) is 18.1 Å².